The maximum absolute atomic E-state index is 13.2. The molecule has 0 saturated heterocycles. The molecule has 0 fully saturated rings. The first-order valence-electron chi connectivity index (χ1n) is 6.91. The minimum absolute atomic E-state index is 0.0347. The van der Waals surface area contributed by atoms with Crippen LogP contribution in [-0.2, 0) is 6.18 Å². The molecule has 0 aliphatic carbocycles. The third-order valence-electron chi connectivity index (χ3n) is 3.09. The van der Waals surface area contributed by atoms with E-state index >= 15 is 0 Å². The second kappa shape index (κ2) is 6.85. The van der Waals surface area contributed by atoms with Crippen LogP contribution >= 0.6 is 23.2 Å². The molecule has 0 unspecified atom stereocenters. The van der Waals surface area contributed by atoms with Gasteiger partial charge in [0.05, 0.1) is 0 Å². The van der Waals surface area contributed by atoms with Crippen LogP contribution in [0.2, 0.25) is 10.0 Å². The fourth-order valence-electron chi connectivity index (χ4n) is 2.06. The van der Waals surface area contributed by atoms with Gasteiger partial charge in [0.15, 0.2) is 11.5 Å². The molecule has 0 spiro atoms. The van der Waals surface area contributed by atoms with Crippen LogP contribution < -0.4 is 5.32 Å². The van der Waals surface area contributed by atoms with Crippen molar-refractivity contribution in [2.45, 2.75) is 6.18 Å². The molecule has 0 aliphatic heterocycles. The summed E-state index contributed by atoms with van der Waals surface area (Å²) in [6.45, 7) is 0. The van der Waals surface area contributed by atoms with E-state index in [2.05, 4.69) is 20.3 Å². The summed E-state index contributed by atoms with van der Waals surface area (Å²) in [5.41, 5.74) is -0.247. The number of aromatic nitrogens is 3. The number of pyridine rings is 1. The predicted molar refractivity (Wildman–Crippen MR) is 90.0 cm³/mol. The minimum Gasteiger partial charge on any atom is -0.340 e. The van der Waals surface area contributed by atoms with E-state index in [1.165, 1.54) is 42.7 Å². The molecule has 2 aromatic heterocycles. The Hall–Kier alpha value is -2.38. The topological polar surface area (TPSA) is 50.7 Å². The zero-order chi connectivity index (χ0) is 18.0. The molecular formula is C16H9Cl2F3N4. The number of anilines is 2. The van der Waals surface area contributed by atoms with Gasteiger partial charge in [-0.2, -0.15) is 13.2 Å². The van der Waals surface area contributed by atoms with Gasteiger partial charge in [-0.05, 0) is 30.3 Å². The van der Waals surface area contributed by atoms with E-state index in [1.54, 1.807) is 0 Å². The summed E-state index contributed by atoms with van der Waals surface area (Å²) in [6.07, 6.45) is -1.72. The van der Waals surface area contributed by atoms with E-state index in [1.807, 2.05) is 0 Å². The second-order valence-electron chi connectivity index (χ2n) is 4.98. The lowest BCUT2D eigenvalue weighted by atomic mass is 10.2. The highest BCUT2D eigenvalue weighted by molar-refractivity contribution is 6.35. The van der Waals surface area contributed by atoms with Crippen LogP contribution in [0.25, 0.3) is 11.4 Å². The third kappa shape index (κ3) is 4.37. The van der Waals surface area contributed by atoms with Crippen LogP contribution in [0.15, 0.2) is 48.8 Å². The average Bonchev–Trinajstić information content (AvgIpc) is 2.53. The van der Waals surface area contributed by atoms with Gasteiger partial charge in [0.2, 0.25) is 0 Å². The quantitative estimate of drug-likeness (QED) is 0.637. The van der Waals surface area contributed by atoms with E-state index in [0.717, 1.165) is 6.07 Å². The Bertz CT molecular complexity index is 881. The molecule has 0 bridgehead atoms. The summed E-state index contributed by atoms with van der Waals surface area (Å²) < 4.78 is 39.5. The molecule has 128 valence electrons. The highest BCUT2D eigenvalue weighted by Gasteiger charge is 2.33. The summed E-state index contributed by atoms with van der Waals surface area (Å²) in [5, 5.41) is 3.46. The molecule has 3 rings (SSSR count). The van der Waals surface area contributed by atoms with Crippen LogP contribution in [-0.4, -0.2) is 15.0 Å². The SMILES string of the molecule is FC(F)(F)c1cc(Nc2cc(Cl)cc(Cl)c2)nc(-c2ccncc2)n1. The summed E-state index contributed by atoms with van der Waals surface area (Å²) in [5.74, 6) is -0.111. The Labute approximate surface area is 150 Å². The molecule has 1 aromatic carbocycles. The van der Waals surface area contributed by atoms with Crippen LogP contribution in [0.4, 0.5) is 24.7 Å². The molecule has 0 saturated carbocycles. The summed E-state index contributed by atoms with van der Waals surface area (Å²) in [7, 11) is 0. The van der Waals surface area contributed by atoms with Crippen molar-refractivity contribution in [2.75, 3.05) is 5.32 Å². The molecule has 4 nitrogen and oxygen atoms in total. The maximum atomic E-state index is 13.2. The van der Waals surface area contributed by atoms with Gasteiger partial charge in [-0.3, -0.25) is 4.98 Å². The van der Waals surface area contributed by atoms with Crippen molar-refractivity contribution in [1.29, 1.82) is 0 Å². The Morgan fingerprint density at radius 1 is 0.880 bits per heavy atom. The molecular weight excluding hydrogens is 376 g/mol. The molecule has 25 heavy (non-hydrogen) atoms. The van der Waals surface area contributed by atoms with Gasteiger partial charge in [0, 0.05) is 39.8 Å². The molecule has 2 heterocycles. The lowest BCUT2D eigenvalue weighted by molar-refractivity contribution is -0.141. The number of halogens is 5. The second-order valence-corrected chi connectivity index (χ2v) is 5.85. The van der Waals surface area contributed by atoms with Crippen LogP contribution in [0, 0.1) is 0 Å². The third-order valence-corrected chi connectivity index (χ3v) is 3.53. The van der Waals surface area contributed by atoms with Crippen LogP contribution in [0.1, 0.15) is 5.69 Å². The van der Waals surface area contributed by atoms with Crippen molar-refractivity contribution < 1.29 is 13.2 Å². The Morgan fingerprint density at radius 3 is 2.12 bits per heavy atom. The average molecular weight is 385 g/mol. The van der Waals surface area contributed by atoms with Gasteiger partial charge < -0.3 is 5.32 Å². The lowest BCUT2D eigenvalue weighted by Gasteiger charge is -2.12. The maximum Gasteiger partial charge on any atom is 0.433 e. The highest BCUT2D eigenvalue weighted by atomic mass is 35.5. The lowest BCUT2D eigenvalue weighted by Crippen LogP contribution is -2.11. The van der Waals surface area contributed by atoms with Crippen molar-refractivity contribution in [3.05, 3.63) is 64.5 Å². The smallest absolute Gasteiger partial charge is 0.340 e. The number of hydrogen-bond acceptors (Lipinski definition) is 4. The van der Waals surface area contributed by atoms with Crippen molar-refractivity contribution >= 4 is 34.7 Å². The first-order chi connectivity index (χ1) is 11.8. The van der Waals surface area contributed by atoms with E-state index in [-0.39, 0.29) is 11.6 Å². The largest absolute Gasteiger partial charge is 0.433 e. The first kappa shape index (κ1) is 17.4. The van der Waals surface area contributed by atoms with Gasteiger partial charge in [-0.1, -0.05) is 23.2 Å². The van der Waals surface area contributed by atoms with Crippen molar-refractivity contribution in [3.63, 3.8) is 0 Å². The van der Waals surface area contributed by atoms with Gasteiger partial charge in [0.25, 0.3) is 0 Å². The number of benzene rings is 1. The molecule has 0 amide bonds. The fourth-order valence-corrected chi connectivity index (χ4v) is 2.59. The number of hydrogen-bond donors (Lipinski definition) is 1. The minimum atomic E-state index is -4.62. The number of rotatable bonds is 3. The van der Waals surface area contributed by atoms with E-state index in [9.17, 15) is 13.2 Å². The summed E-state index contributed by atoms with van der Waals surface area (Å²) in [4.78, 5) is 11.6. The molecule has 0 aliphatic rings. The number of nitrogens with one attached hydrogen (secondary N) is 1. The van der Waals surface area contributed by atoms with Gasteiger partial charge in [-0.25, -0.2) is 9.97 Å². The van der Waals surface area contributed by atoms with Crippen LogP contribution in [0.5, 0.6) is 0 Å². The monoisotopic (exact) mass is 384 g/mol. The summed E-state index contributed by atoms with van der Waals surface area (Å²) in [6, 6.07) is 8.42. The molecule has 0 radical (unpaired) electrons. The summed E-state index contributed by atoms with van der Waals surface area (Å²) >= 11 is 11.8. The number of nitrogens with zero attached hydrogens (tertiary/aromatic N) is 3. The van der Waals surface area contributed by atoms with Gasteiger partial charge in [-0.15, -0.1) is 0 Å². The fraction of sp³-hybridized carbons (Fsp3) is 0.0625. The standard InChI is InChI=1S/C16H9Cl2F3N4/c17-10-5-11(18)7-12(6-10)23-14-8-13(16(19,20)21)24-15(25-14)9-1-3-22-4-2-9/h1-8H,(H,23,24,25). The van der Waals surface area contributed by atoms with Gasteiger partial charge in [0.1, 0.15) is 5.82 Å². The van der Waals surface area contributed by atoms with E-state index in [4.69, 9.17) is 23.2 Å². The Kier molecular flexibility index (Phi) is 4.78. The van der Waals surface area contributed by atoms with Crippen LogP contribution in [0.3, 0.4) is 0 Å². The van der Waals surface area contributed by atoms with Crippen molar-refractivity contribution in [3.8, 4) is 11.4 Å². The zero-order valence-electron chi connectivity index (χ0n) is 12.4. The van der Waals surface area contributed by atoms with E-state index < -0.39 is 11.9 Å². The Morgan fingerprint density at radius 2 is 1.52 bits per heavy atom. The normalized spacial score (nSPS) is 11.4. The van der Waals surface area contributed by atoms with Gasteiger partial charge >= 0.3 is 6.18 Å². The van der Waals surface area contributed by atoms with E-state index in [0.29, 0.717) is 21.3 Å². The molecule has 3 aromatic rings. The molecule has 1 N–H and O–H groups in total. The number of alkyl halides is 3. The molecule has 0 atom stereocenters. The predicted octanol–water partition coefficient (Wildman–Crippen LogP) is 5.61. The highest BCUT2D eigenvalue weighted by Crippen LogP contribution is 2.32. The first-order valence-corrected chi connectivity index (χ1v) is 7.67. The molecule has 9 heteroatoms. The van der Waals surface area contributed by atoms with Crippen molar-refractivity contribution in [1.82, 2.24) is 15.0 Å². The zero-order valence-corrected chi connectivity index (χ0v) is 13.9. The Balaban J connectivity index is 2.06. The van der Waals surface area contributed by atoms with Crippen molar-refractivity contribution in [2.24, 2.45) is 0 Å².